The molecule has 4 aliphatic rings. The van der Waals surface area contributed by atoms with Gasteiger partial charge in [0.2, 0.25) is 0 Å². The van der Waals surface area contributed by atoms with E-state index in [0.717, 1.165) is 24.7 Å². The average molecular weight is 441 g/mol. The summed E-state index contributed by atoms with van der Waals surface area (Å²) >= 11 is 0. The Morgan fingerprint density at radius 3 is 2.44 bits per heavy atom. The Hall–Kier alpha value is -0.860. The van der Waals surface area contributed by atoms with Crippen LogP contribution in [0.1, 0.15) is 93.4 Å². The Balaban J connectivity index is 1.56. The van der Waals surface area contributed by atoms with Gasteiger partial charge in [0.1, 0.15) is 0 Å². The van der Waals surface area contributed by atoms with Crippen molar-refractivity contribution in [3.05, 3.63) is 35.5 Å². The van der Waals surface area contributed by atoms with Crippen LogP contribution in [0.3, 0.4) is 0 Å². The first kappa shape index (κ1) is 24.3. The lowest BCUT2D eigenvalue weighted by Gasteiger charge is -2.56. The fourth-order valence-electron chi connectivity index (χ4n) is 7.96. The molecule has 3 saturated carbocycles. The van der Waals surface area contributed by atoms with E-state index < -0.39 is 5.79 Å². The second-order valence-electron chi connectivity index (χ2n) is 12.5. The highest BCUT2D eigenvalue weighted by Gasteiger charge is 2.57. The van der Waals surface area contributed by atoms with Crippen LogP contribution < -0.4 is 0 Å². The van der Waals surface area contributed by atoms with Crippen molar-refractivity contribution < 1.29 is 9.84 Å². The van der Waals surface area contributed by atoms with Gasteiger partial charge in [0.15, 0.2) is 5.79 Å². The normalized spacial score (nSPS) is 43.3. The smallest absolute Gasteiger partial charge is 0.169 e. The van der Waals surface area contributed by atoms with Gasteiger partial charge in [-0.1, -0.05) is 77.0 Å². The van der Waals surface area contributed by atoms with E-state index in [2.05, 4.69) is 65.8 Å². The van der Waals surface area contributed by atoms with Crippen LogP contribution in [0.2, 0.25) is 0 Å². The molecule has 0 unspecified atom stereocenters. The Labute approximate surface area is 197 Å². The first-order valence-corrected chi connectivity index (χ1v) is 13.5. The zero-order chi connectivity index (χ0) is 23.3. The van der Waals surface area contributed by atoms with Crippen molar-refractivity contribution in [3.8, 4) is 0 Å². The zero-order valence-electron chi connectivity index (χ0n) is 21.8. The van der Waals surface area contributed by atoms with E-state index >= 15 is 0 Å². The minimum Gasteiger partial charge on any atom is -0.365 e. The van der Waals surface area contributed by atoms with Crippen molar-refractivity contribution in [2.75, 3.05) is 6.61 Å². The molecule has 0 aromatic carbocycles. The molecule has 0 heterocycles. The van der Waals surface area contributed by atoms with Gasteiger partial charge in [0.05, 0.1) is 0 Å². The summed E-state index contributed by atoms with van der Waals surface area (Å²) in [5.41, 5.74) is 3.78. The summed E-state index contributed by atoms with van der Waals surface area (Å²) in [4.78, 5) is 0. The molecule has 0 saturated heterocycles. The predicted molar refractivity (Wildman–Crippen MR) is 134 cm³/mol. The highest BCUT2D eigenvalue weighted by Crippen LogP contribution is 2.66. The Morgan fingerprint density at radius 2 is 1.75 bits per heavy atom. The maximum absolute atomic E-state index is 10.9. The van der Waals surface area contributed by atoms with Gasteiger partial charge in [-0.25, -0.2) is 0 Å². The minimum atomic E-state index is -0.956. The number of rotatable bonds is 6. The minimum absolute atomic E-state index is 0.199. The lowest BCUT2D eigenvalue weighted by molar-refractivity contribution is -0.219. The molecule has 0 radical (unpaired) electrons. The van der Waals surface area contributed by atoms with E-state index in [-0.39, 0.29) is 5.41 Å². The Morgan fingerprint density at radius 1 is 1.00 bits per heavy atom. The second-order valence-corrected chi connectivity index (χ2v) is 12.5. The maximum atomic E-state index is 10.9. The molecule has 0 spiro atoms. The fourth-order valence-corrected chi connectivity index (χ4v) is 7.96. The van der Waals surface area contributed by atoms with E-state index in [9.17, 15) is 5.11 Å². The van der Waals surface area contributed by atoms with Crippen LogP contribution in [0.5, 0.6) is 0 Å². The first-order valence-electron chi connectivity index (χ1n) is 13.5. The van der Waals surface area contributed by atoms with Gasteiger partial charge < -0.3 is 9.84 Å². The van der Waals surface area contributed by atoms with Crippen LogP contribution in [0.25, 0.3) is 0 Å². The molecule has 4 aliphatic carbocycles. The Bertz CT molecular complexity index is 791. The van der Waals surface area contributed by atoms with Crippen LogP contribution in [-0.4, -0.2) is 17.5 Å². The van der Waals surface area contributed by atoms with Crippen molar-refractivity contribution >= 4 is 0 Å². The summed E-state index contributed by atoms with van der Waals surface area (Å²) in [7, 11) is 0. The van der Waals surface area contributed by atoms with Crippen molar-refractivity contribution in [1.29, 1.82) is 0 Å². The summed E-state index contributed by atoms with van der Waals surface area (Å²) in [6.45, 7) is 17.1. The topological polar surface area (TPSA) is 29.5 Å². The largest absolute Gasteiger partial charge is 0.365 e. The number of allylic oxidation sites excluding steroid dienone is 5. The zero-order valence-corrected chi connectivity index (χ0v) is 21.8. The predicted octanol–water partition coefficient (Wildman–Crippen LogP) is 7.70. The summed E-state index contributed by atoms with van der Waals surface area (Å²) < 4.78 is 5.77. The van der Waals surface area contributed by atoms with Crippen molar-refractivity contribution in [2.24, 2.45) is 46.3 Å². The standard InChI is InChI=1S/C30H48O2/c1-8-32-30(31)18-17-28(6)23(19-30)11-12-24-26-14-13-25(29(26,7)16-15-27(24)28)22(5)10-9-21(4)20(2)3/h9-12,20-22,25-27,31H,8,13-19H2,1-7H3/t21-,22+,25+,26-,27-,28-,29+,30+/m0/s1. The number of ether oxygens (including phenoxy) is 1. The van der Waals surface area contributed by atoms with Crippen LogP contribution in [0, 0.1) is 46.3 Å². The molecule has 1 N–H and O–H groups in total. The summed E-state index contributed by atoms with van der Waals surface area (Å²) in [6.07, 6.45) is 17.7. The molecule has 3 fully saturated rings. The molecule has 2 nitrogen and oxygen atoms in total. The summed E-state index contributed by atoms with van der Waals surface area (Å²) in [5, 5.41) is 10.9. The van der Waals surface area contributed by atoms with Gasteiger partial charge in [0, 0.05) is 19.4 Å². The molecule has 0 amide bonds. The van der Waals surface area contributed by atoms with Gasteiger partial charge in [-0.15, -0.1) is 0 Å². The molecule has 2 heteroatoms. The van der Waals surface area contributed by atoms with E-state index in [0.29, 0.717) is 42.1 Å². The Kier molecular flexibility index (Phi) is 6.62. The summed E-state index contributed by atoms with van der Waals surface area (Å²) in [5.74, 6) is 3.24. The number of aliphatic hydroxyl groups is 1. The van der Waals surface area contributed by atoms with Crippen LogP contribution in [0.4, 0.5) is 0 Å². The molecule has 8 atom stereocenters. The number of hydrogen-bond acceptors (Lipinski definition) is 2. The first-order chi connectivity index (χ1) is 15.0. The lowest BCUT2D eigenvalue weighted by Crippen LogP contribution is -2.49. The van der Waals surface area contributed by atoms with Crippen molar-refractivity contribution in [2.45, 2.75) is 99.2 Å². The molecule has 4 rings (SSSR count). The van der Waals surface area contributed by atoms with E-state index in [4.69, 9.17) is 4.74 Å². The van der Waals surface area contributed by atoms with Crippen LogP contribution >= 0.6 is 0 Å². The SMILES string of the molecule is CCO[C@]1(O)CC[C@@]2(C)C(=CC=C3[C@@H]4CC[C@H]([C@H](C)C=C[C@H](C)C(C)C)[C@@]4(C)CC[C@@H]32)C1. The third-order valence-corrected chi connectivity index (χ3v) is 10.5. The molecular weight excluding hydrogens is 392 g/mol. The quantitative estimate of drug-likeness (QED) is 0.339. The van der Waals surface area contributed by atoms with Gasteiger partial charge in [-0.3, -0.25) is 0 Å². The van der Waals surface area contributed by atoms with Gasteiger partial charge in [-0.05, 0) is 85.4 Å². The fraction of sp³-hybridized carbons (Fsp3) is 0.800. The lowest BCUT2D eigenvalue weighted by atomic mass is 9.50. The van der Waals surface area contributed by atoms with Gasteiger partial charge in [-0.2, -0.15) is 0 Å². The molecule has 0 aliphatic heterocycles. The molecule has 0 aromatic rings. The van der Waals surface area contributed by atoms with Crippen molar-refractivity contribution in [3.63, 3.8) is 0 Å². The molecule has 32 heavy (non-hydrogen) atoms. The van der Waals surface area contributed by atoms with Crippen LogP contribution in [-0.2, 0) is 4.74 Å². The summed E-state index contributed by atoms with van der Waals surface area (Å²) in [6, 6.07) is 0. The average Bonchev–Trinajstić information content (AvgIpc) is 3.09. The van der Waals surface area contributed by atoms with Gasteiger partial charge >= 0.3 is 0 Å². The van der Waals surface area contributed by atoms with Crippen LogP contribution in [0.15, 0.2) is 35.5 Å². The molecule has 0 bridgehead atoms. The maximum Gasteiger partial charge on any atom is 0.169 e. The highest BCUT2D eigenvalue weighted by atomic mass is 16.6. The van der Waals surface area contributed by atoms with E-state index in [1.807, 2.05) is 6.92 Å². The highest BCUT2D eigenvalue weighted by molar-refractivity contribution is 5.39. The van der Waals surface area contributed by atoms with Gasteiger partial charge in [0.25, 0.3) is 0 Å². The molecular formula is C30H48O2. The van der Waals surface area contributed by atoms with Crippen molar-refractivity contribution in [1.82, 2.24) is 0 Å². The number of fused-ring (bicyclic) bond motifs is 5. The molecule has 180 valence electrons. The third kappa shape index (κ3) is 3.98. The monoisotopic (exact) mass is 440 g/mol. The molecule has 0 aromatic heterocycles. The second kappa shape index (κ2) is 8.73. The number of hydrogen-bond donors (Lipinski definition) is 1. The van der Waals surface area contributed by atoms with E-state index in [1.54, 1.807) is 5.57 Å². The third-order valence-electron chi connectivity index (χ3n) is 10.5. The van der Waals surface area contributed by atoms with E-state index in [1.165, 1.54) is 31.3 Å².